The predicted octanol–water partition coefficient (Wildman–Crippen LogP) is 3.71. The van der Waals surface area contributed by atoms with Gasteiger partial charge in [-0.3, -0.25) is 20.2 Å². The molecule has 0 fully saturated rings. The summed E-state index contributed by atoms with van der Waals surface area (Å²) in [6, 6.07) is 4.91. The molecule has 0 bridgehead atoms. The second-order valence-electron chi connectivity index (χ2n) is 5.27. The zero-order chi connectivity index (χ0) is 21.2. The first-order valence-electron chi connectivity index (χ1n) is 7.12. The number of hydrogen-bond acceptors (Lipinski definition) is 8. The second-order valence-corrected chi connectivity index (χ2v) is 5.27. The fourth-order valence-electron chi connectivity index (χ4n) is 2.23. The van der Waals surface area contributed by atoms with E-state index in [1.165, 1.54) is 6.92 Å². The molecule has 0 aliphatic heterocycles. The van der Waals surface area contributed by atoms with E-state index < -0.39 is 44.5 Å². The van der Waals surface area contributed by atoms with Gasteiger partial charge in [-0.15, -0.1) is 0 Å². The summed E-state index contributed by atoms with van der Waals surface area (Å²) in [4.78, 5) is 23.5. The van der Waals surface area contributed by atoms with Crippen LogP contribution in [0.4, 0.5) is 36.1 Å². The lowest BCUT2D eigenvalue weighted by atomic mass is 10.1. The summed E-state index contributed by atoms with van der Waals surface area (Å²) in [6.07, 6.45) is -5.19. The molecule has 2 rings (SSSR count). The average molecular weight is 392 g/mol. The molecule has 13 heteroatoms. The van der Waals surface area contributed by atoms with Gasteiger partial charge in [-0.1, -0.05) is 0 Å². The van der Waals surface area contributed by atoms with Gasteiger partial charge in [0.25, 0.3) is 11.4 Å². The van der Waals surface area contributed by atoms with E-state index in [9.17, 15) is 33.4 Å². The van der Waals surface area contributed by atoms with Gasteiger partial charge in [-0.2, -0.15) is 23.7 Å². The van der Waals surface area contributed by atoms with Gasteiger partial charge in [0.2, 0.25) is 0 Å². The summed E-state index contributed by atoms with van der Waals surface area (Å²) in [5.74, 6) is -0.471. The molecule has 1 N–H and O–H groups in total. The number of rotatable bonds is 4. The van der Waals surface area contributed by atoms with Gasteiger partial charge >= 0.3 is 6.18 Å². The maximum atomic E-state index is 13.4. The lowest BCUT2D eigenvalue weighted by Crippen LogP contribution is -2.13. The number of hydrogen-bond donors (Lipinski definition) is 1. The first kappa shape index (κ1) is 20.1. The van der Waals surface area contributed by atoms with Crippen LogP contribution in [-0.4, -0.2) is 14.8 Å². The van der Waals surface area contributed by atoms with Gasteiger partial charge in [-0.25, -0.2) is 4.98 Å². The maximum absolute atomic E-state index is 13.4. The molecule has 1 aromatic carbocycles. The third-order valence-corrected chi connectivity index (χ3v) is 3.51. The number of alkyl halides is 3. The Morgan fingerprint density at radius 1 is 1.07 bits per heavy atom. The van der Waals surface area contributed by atoms with Gasteiger partial charge < -0.3 is 5.32 Å². The molecule has 0 amide bonds. The third kappa shape index (κ3) is 3.78. The van der Waals surface area contributed by atoms with Crippen LogP contribution in [0.15, 0.2) is 18.2 Å². The molecular weight excluding hydrogens is 385 g/mol. The number of pyridine rings is 1. The molecule has 0 radical (unpaired) electrons. The molecule has 1 heterocycles. The molecule has 10 nitrogen and oxygen atoms in total. The summed E-state index contributed by atoms with van der Waals surface area (Å²) in [7, 11) is 0. The summed E-state index contributed by atoms with van der Waals surface area (Å²) in [5, 5.41) is 42.3. The van der Waals surface area contributed by atoms with Gasteiger partial charge in [0.05, 0.1) is 38.3 Å². The number of benzene rings is 1. The highest BCUT2D eigenvalue weighted by atomic mass is 19.4. The topological polar surface area (TPSA) is 159 Å². The van der Waals surface area contributed by atoms with E-state index in [1.54, 1.807) is 12.1 Å². The van der Waals surface area contributed by atoms with Crippen molar-refractivity contribution in [1.29, 1.82) is 10.5 Å². The van der Waals surface area contributed by atoms with Crippen LogP contribution in [0.5, 0.6) is 0 Å². The standard InChI is InChI=1S/C15H7F3N6O4/c1-7-8(5-19)2-9(6-20)14(21-7)22-13-11(15(16,17)18)3-10(23(25)26)4-12(13)24(27)28/h2-4H,1H3,(H,21,22). The van der Waals surface area contributed by atoms with Crippen LogP contribution >= 0.6 is 0 Å². The van der Waals surface area contributed by atoms with E-state index >= 15 is 0 Å². The number of nitro groups is 2. The van der Waals surface area contributed by atoms with Crippen molar-refractivity contribution in [3.8, 4) is 12.1 Å². The van der Waals surface area contributed by atoms with Crippen molar-refractivity contribution in [2.24, 2.45) is 0 Å². The van der Waals surface area contributed by atoms with E-state index in [-0.39, 0.29) is 22.9 Å². The number of nitrogens with one attached hydrogen (secondary N) is 1. The molecule has 142 valence electrons. The van der Waals surface area contributed by atoms with E-state index in [0.717, 1.165) is 6.07 Å². The van der Waals surface area contributed by atoms with Crippen molar-refractivity contribution in [3.05, 3.63) is 60.8 Å². The Bertz CT molecular complexity index is 1090. The third-order valence-electron chi connectivity index (χ3n) is 3.51. The van der Waals surface area contributed by atoms with Crippen LogP contribution in [0.1, 0.15) is 22.4 Å². The predicted molar refractivity (Wildman–Crippen MR) is 86.4 cm³/mol. The number of nitrogens with zero attached hydrogens (tertiary/aromatic N) is 5. The van der Waals surface area contributed by atoms with Crippen LogP contribution in [0.2, 0.25) is 0 Å². The highest BCUT2D eigenvalue weighted by Crippen LogP contribution is 2.43. The molecule has 1 aromatic heterocycles. The minimum Gasteiger partial charge on any atom is -0.333 e. The second kappa shape index (κ2) is 7.16. The monoisotopic (exact) mass is 392 g/mol. The molecule has 0 saturated heterocycles. The number of anilines is 2. The van der Waals surface area contributed by atoms with Crippen LogP contribution < -0.4 is 5.32 Å². The van der Waals surface area contributed by atoms with E-state index in [2.05, 4.69) is 10.3 Å². The Morgan fingerprint density at radius 2 is 1.68 bits per heavy atom. The molecule has 0 spiro atoms. The highest BCUT2D eigenvalue weighted by molar-refractivity contribution is 5.77. The van der Waals surface area contributed by atoms with Gasteiger partial charge in [0.1, 0.15) is 23.6 Å². The molecule has 0 aliphatic carbocycles. The smallest absolute Gasteiger partial charge is 0.333 e. The first-order valence-corrected chi connectivity index (χ1v) is 7.12. The normalized spacial score (nSPS) is 10.6. The summed E-state index contributed by atoms with van der Waals surface area (Å²) in [5.41, 5.74) is -5.46. The Kier molecular flexibility index (Phi) is 5.13. The number of halogens is 3. The summed E-state index contributed by atoms with van der Waals surface area (Å²) >= 11 is 0. The van der Waals surface area contributed by atoms with E-state index in [0.29, 0.717) is 6.07 Å². The lowest BCUT2D eigenvalue weighted by Gasteiger charge is -2.15. The summed E-state index contributed by atoms with van der Waals surface area (Å²) in [6.45, 7) is 1.35. The number of nitriles is 2. The van der Waals surface area contributed by atoms with Crippen molar-refractivity contribution in [2.75, 3.05) is 5.32 Å². The molecule has 2 aromatic rings. The fraction of sp³-hybridized carbons (Fsp3) is 0.133. The van der Waals surface area contributed by atoms with Crippen LogP contribution in [0.3, 0.4) is 0 Å². The minimum absolute atomic E-state index is 0.0173. The van der Waals surface area contributed by atoms with E-state index in [1.807, 2.05) is 0 Å². The Morgan fingerprint density at radius 3 is 2.14 bits per heavy atom. The van der Waals surface area contributed by atoms with Gasteiger partial charge in [0.15, 0.2) is 0 Å². The number of aromatic nitrogens is 1. The first-order chi connectivity index (χ1) is 13.0. The van der Waals surface area contributed by atoms with Crippen molar-refractivity contribution in [3.63, 3.8) is 0 Å². The number of nitro benzene ring substituents is 2. The summed E-state index contributed by atoms with van der Waals surface area (Å²) < 4.78 is 40.2. The number of aryl methyl sites for hydroxylation is 1. The average Bonchev–Trinajstić information content (AvgIpc) is 2.60. The molecular formula is C15H7F3N6O4. The zero-order valence-electron chi connectivity index (χ0n) is 13.7. The fourth-order valence-corrected chi connectivity index (χ4v) is 2.23. The van der Waals surface area contributed by atoms with E-state index in [4.69, 9.17) is 10.5 Å². The van der Waals surface area contributed by atoms with Crippen molar-refractivity contribution >= 4 is 22.9 Å². The molecule has 0 atom stereocenters. The van der Waals surface area contributed by atoms with Crippen LogP contribution in [-0.2, 0) is 6.18 Å². The lowest BCUT2D eigenvalue weighted by molar-refractivity contribution is -0.394. The Hall–Kier alpha value is -4.26. The van der Waals surface area contributed by atoms with Gasteiger partial charge in [-0.05, 0) is 13.0 Å². The zero-order valence-corrected chi connectivity index (χ0v) is 13.7. The largest absolute Gasteiger partial charge is 0.418 e. The highest BCUT2D eigenvalue weighted by Gasteiger charge is 2.40. The molecule has 0 unspecified atom stereocenters. The van der Waals surface area contributed by atoms with Crippen molar-refractivity contribution in [1.82, 2.24) is 4.98 Å². The Balaban J connectivity index is 2.81. The van der Waals surface area contributed by atoms with Crippen LogP contribution in [0, 0.1) is 49.8 Å². The quantitative estimate of drug-likeness (QED) is 0.609. The minimum atomic E-state index is -5.19. The molecule has 28 heavy (non-hydrogen) atoms. The Labute approximate surface area is 153 Å². The SMILES string of the molecule is Cc1nc(Nc2c([N+](=O)[O-])cc([N+](=O)[O-])cc2C(F)(F)F)c(C#N)cc1C#N. The van der Waals surface area contributed by atoms with Crippen LogP contribution in [0.25, 0.3) is 0 Å². The molecule has 0 saturated carbocycles. The molecule has 0 aliphatic rings. The van der Waals surface area contributed by atoms with Crippen molar-refractivity contribution in [2.45, 2.75) is 13.1 Å². The van der Waals surface area contributed by atoms with Gasteiger partial charge in [0, 0.05) is 6.07 Å². The van der Waals surface area contributed by atoms with Crippen molar-refractivity contribution < 1.29 is 23.0 Å². The number of non-ortho nitro benzene ring substituents is 1. The maximum Gasteiger partial charge on any atom is 0.418 e.